The normalized spacial score (nSPS) is 22.4. The predicted octanol–water partition coefficient (Wildman–Crippen LogP) is 2.41. The van der Waals surface area contributed by atoms with Gasteiger partial charge < -0.3 is 10.0 Å². The highest BCUT2D eigenvalue weighted by atomic mass is 79.9. The maximum Gasteiger partial charge on any atom is 0.0715 e. The summed E-state index contributed by atoms with van der Waals surface area (Å²) in [5, 5.41) is 9.57. The molecule has 1 unspecified atom stereocenters. The van der Waals surface area contributed by atoms with Gasteiger partial charge in [-0.2, -0.15) is 0 Å². The minimum Gasteiger partial charge on any atom is -0.391 e. The summed E-state index contributed by atoms with van der Waals surface area (Å²) < 4.78 is 1.11. The predicted molar refractivity (Wildman–Crippen MR) is 61.6 cm³/mol. The third-order valence-electron chi connectivity index (χ3n) is 2.59. The summed E-state index contributed by atoms with van der Waals surface area (Å²) in [6.07, 6.45) is 1.83. The van der Waals surface area contributed by atoms with E-state index in [1.807, 2.05) is 18.2 Å². The Bertz CT molecular complexity index is 316. The van der Waals surface area contributed by atoms with Gasteiger partial charge in [0.15, 0.2) is 0 Å². The Labute approximate surface area is 92.7 Å². The fourth-order valence-electron chi connectivity index (χ4n) is 1.88. The van der Waals surface area contributed by atoms with Gasteiger partial charge in [0.2, 0.25) is 0 Å². The molecule has 0 aliphatic carbocycles. The average molecular weight is 256 g/mol. The molecule has 0 bridgehead atoms. The van der Waals surface area contributed by atoms with Crippen molar-refractivity contribution in [3.8, 4) is 0 Å². The molecule has 1 atom stereocenters. The van der Waals surface area contributed by atoms with Gasteiger partial charge >= 0.3 is 0 Å². The fraction of sp³-hybridized carbons (Fsp3) is 0.455. The van der Waals surface area contributed by atoms with E-state index >= 15 is 0 Å². The molecule has 1 fully saturated rings. The van der Waals surface area contributed by atoms with Gasteiger partial charge in [0.05, 0.1) is 11.8 Å². The van der Waals surface area contributed by atoms with Gasteiger partial charge in [-0.1, -0.05) is 12.1 Å². The van der Waals surface area contributed by atoms with Crippen molar-refractivity contribution >= 4 is 21.6 Å². The number of aliphatic hydroxyl groups is 1. The molecule has 76 valence electrons. The molecule has 14 heavy (non-hydrogen) atoms. The van der Waals surface area contributed by atoms with Crippen molar-refractivity contribution in [2.45, 2.75) is 18.9 Å². The van der Waals surface area contributed by atoms with Crippen LogP contribution in [0.15, 0.2) is 28.7 Å². The van der Waals surface area contributed by atoms with Gasteiger partial charge in [-0.3, -0.25) is 0 Å². The Morgan fingerprint density at radius 1 is 1.36 bits per heavy atom. The number of piperidine rings is 1. The molecule has 0 spiro atoms. The zero-order chi connectivity index (χ0) is 9.97. The number of β-amino-alcohol motifs (C(OH)–C–C–N with tert-alkyl or cyclic N) is 1. The lowest BCUT2D eigenvalue weighted by Crippen LogP contribution is -2.38. The third kappa shape index (κ3) is 2.10. The van der Waals surface area contributed by atoms with Gasteiger partial charge in [-0.15, -0.1) is 0 Å². The zero-order valence-corrected chi connectivity index (χ0v) is 9.57. The molecule has 0 saturated carbocycles. The van der Waals surface area contributed by atoms with E-state index in [0.717, 1.165) is 30.4 Å². The fourth-order valence-corrected chi connectivity index (χ4v) is 2.42. The van der Waals surface area contributed by atoms with Crippen molar-refractivity contribution in [2.24, 2.45) is 0 Å². The number of halogens is 1. The smallest absolute Gasteiger partial charge is 0.0715 e. The van der Waals surface area contributed by atoms with Crippen LogP contribution in [0.25, 0.3) is 0 Å². The summed E-state index contributed by atoms with van der Waals surface area (Å²) in [6, 6.07) is 8.16. The maximum absolute atomic E-state index is 9.57. The minimum atomic E-state index is -0.171. The largest absolute Gasteiger partial charge is 0.391 e. The van der Waals surface area contributed by atoms with Gasteiger partial charge in [-0.25, -0.2) is 0 Å². The lowest BCUT2D eigenvalue weighted by Gasteiger charge is -2.32. The van der Waals surface area contributed by atoms with Crippen LogP contribution >= 0.6 is 15.9 Å². The average Bonchev–Trinajstić information content (AvgIpc) is 2.18. The monoisotopic (exact) mass is 255 g/mol. The van der Waals surface area contributed by atoms with Crippen LogP contribution in [0.3, 0.4) is 0 Å². The van der Waals surface area contributed by atoms with Crippen LogP contribution < -0.4 is 4.90 Å². The molecule has 2 rings (SSSR count). The van der Waals surface area contributed by atoms with Crippen LogP contribution in [0, 0.1) is 0 Å². The van der Waals surface area contributed by atoms with Gasteiger partial charge in [0.25, 0.3) is 0 Å². The second-order valence-electron chi connectivity index (χ2n) is 3.69. The Hall–Kier alpha value is -0.540. The van der Waals surface area contributed by atoms with E-state index in [4.69, 9.17) is 0 Å². The molecule has 1 heterocycles. The molecule has 1 aliphatic heterocycles. The van der Waals surface area contributed by atoms with Crippen molar-refractivity contribution in [3.63, 3.8) is 0 Å². The maximum atomic E-state index is 9.57. The summed E-state index contributed by atoms with van der Waals surface area (Å²) in [5.41, 5.74) is 1.19. The van der Waals surface area contributed by atoms with Crippen molar-refractivity contribution in [1.82, 2.24) is 0 Å². The molecule has 1 aromatic carbocycles. The summed E-state index contributed by atoms with van der Waals surface area (Å²) in [6.45, 7) is 1.79. The lowest BCUT2D eigenvalue weighted by atomic mass is 10.1. The van der Waals surface area contributed by atoms with E-state index in [2.05, 4.69) is 26.9 Å². The number of aliphatic hydroxyl groups excluding tert-OH is 1. The first kappa shape index (κ1) is 9.99. The van der Waals surface area contributed by atoms with Crippen LogP contribution in [0.1, 0.15) is 12.8 Å². The van der Waals surface area contributed by atoms with E-state index in [-0.39, 0.29) is 6.10 Å². The summed E-state index contributed by atoms with van der Waals surface area (Å²) in [7, 11) is 0. The highest BCUT2D eigenvalue weighted by molar-refractivity contribution is 9.10. The summed E-state index contributed by atoms with van der Waals surface area (Å²) in [4.78, 5) is 2.23. The second-order valence-corrected chi connectivity index (χ2v) is 4.55. The van der Waals surface area contributed by atoms with Gasteiger partial charge in [0.1, 0.15) is 0 Å². The molecule has 0 amide bonds. The number of para-hydroxylation sites is 1. The third-order valence-corrected chi connectivity index (χ3v) is 3.26. The SMILES string of the molecule is OC1CCCN(c2ccccc2Br)C1. The summed E-state index contributed by atoms with van der Waals surface area (Å²) >= 11 is 3.53. The standard InChI is InChI=1S/C11H14BrNO/c12-10-5-1-2-6-11(10)13-7-3-4-9(14)8-13/h1-2,5-6,9,14H,3-4,7-8H2. The molecule has 1 aromatic rings. The van der Waals surface area contributed by atoms with E-state index in [1.165, 1.54) is 5.69 Å². The molecule has 1 N–H and O–H groups in total. The molecule has 2 nitrogen and oxygen atoms in total. The molecule has 1 aliphatic rings. The van der Waals surface area contributed by atoms with Crippen LogP contribution in [-0.2, 0) is 0 Å². The molecule has 0 radical (unpaired) electrons. The number of anilines is 1. The van der Waals surface area contributed by atoms with Crippen molar-refractivity contribution < 1.29 is 5.11 Å². The minimum absolute atomic E-state index is 0.171. The van der Waals surface area contributed by atoms with Crippen LogP contribution in [0.4, 0.5) is 5.69 Å². The van der Waals surface area contributed by atoms with Crippen LogP contribution in [0.2, 0.25) is 0 Å². The zero-order valence-electron chi connectivity index (χ0n) is 7.99. The highest BCUT2D eigenvalue weighted by Gasteiger charge is 2.18. The van der Waals surface area contributed by atoms with Gasteiger partial charge in [0, 0.05) is 17.6 Å². The Balaban J connectivity index is 2.18. The Morgan fingerprint density at radius 2 is 2.14 bits per heavy atom. The van der Waals surface area contributed by atoms with Crippen molar-refractivity contribution in [3.05, 3.63) is 28.7 Å². The first-order chi connectivity index (χ1) is 6.77. The van der Waals surface area contributed by atoms with E-state index < -0.39 is 0 Å². The molecule has 1 saturated heterocycles. The van der Waals surface area contributed by atoms with Crippen LogP contribution in [0.5, 0.6) is 0 Å². The van der Waals surface area contributed by atoms with Crippen molar-refractivity contribution in [2.75, 3.05) is 18.0 Å². The van der Waals surface area contributed by atoms with E-state index in [0.29, 0.717) is 0 Å². The molecular weight excluding hydrogens is 242 g/mol. The number of hydrogen-bond donors (Lipinski definition) is 1. The molecule has 0 aromatic heterocycles. The Kier molecular flexibility index (Phi) is 3.08. The molecule has 3 heteroatoms. The summed E-state index contributed by atoms with van der Waals surface area (Å²) in [5.74, 6) is 0. The number of benzene rings is 1. The Morgan fingerprint density at radius 3 is 2.86 bits per heavy atom. The first-order valence-electron chi connectivity index (χ1n) is 4.95. The first-order valence-corrected chi connectivity index (χ1v) is 5.74. The lowest BCUT2D eigenvalue weighted by molar-refractivity contribution is 0.154. The van der Waals surface area contributed by atoms with E-state index in [9.17, 15) is 5.11 Å². The topological polar surface area (TPSA) is 23.5 Å². The number of hydrogen-bond acceptors (Lipinski definition) is 2. The second kappa shape index (κ2) is 4.32. The van der Waals surface area contributed by atoms with Crippen molar-refractivity contribution in [1.29, 1.82) is 0 Å². The number of nitrogens with zero attached hydrogens (tertiary/aromatic N) is 1. The van der Waals surface area contributed by atoms with Crippen LogP contribution in [-0.4, -0.2) is 24.3 Å². The van der Waals surface area contributed by atoms with E-state index in [1.54, 1.807) is 0 Å². The van der Waals surface area contributed by atoms with Gasteiger partial charge in [-0.05, 0) is 40.9 Å². The number of rotatable bonds is 1. The highest BCUT2D eigenvalue weighted by Crippen LogP contribution is 2.27. The molecular formula is C11H14BrNO. The quantitative estimate of drug-likeness (QED) is 0.834.